The van der Waals surface area contributed by atoms with Crippen LogP contribution in [0.5, 0.6) is 0 Å². The minimum Gasteiger partial charge on any atom is -0.399 e. The van der Waals surface area contributed by atoms with Gasteiger partial charge in [-0.05, 0) is 18.2 Å². The lowest BCUT2D eigenvalue weighted by Crippen LogP contribution is -2.30. The lowest BCUT2D eigenvalue weighted by Gasteiger charge is -2.03. The maximum atomic E-state index is 13.2. The van der Waals surface area contributed by atoms with E-state index in [-0.39, 0.29) is 18.1 Å². The van der Waals surface area contributed by atoms with Crippen LogP contribution in [0.4, 0.5) is 10.1 Å². The quantitative estimate of drug-likeness (QED) is 0.235. The molecule has 15 heavy (non-hydrogen) atoms. The van der Waals surface area contributed by atoms with Gasteiger partial charge < -0.3 is 5.73 Å². The molecule has 1 aromatic carbocycles. The third-order valence-corrected chi connectivity index (χ3v) is 2.75. The Balaban J connectivity index is 2.47. The van der Waals surface area contributed by atoms with E-state index in [2.05, 4.69) is 0 Å². The monoisotopic (exact) mass is 229 g/mol. The number of nitrogens with one attached hydrogen (secondary N) is 1. The first-order valence-electron chi connectivity index (χ1n) is 4.30. The van der Waals surface area contributed by atoms with Gasteiger partial charge in [-0.25, -0.2) is 10.2 Å². The number of hydrogen-bond acceptors (Lipinski definition) is 4. The molecular weight excluding hydrogens is 217 g/mol. The average molecular weight is 229 g/mol. The Labute approximate surface area is 91.2 Å². The number of amides is 1. The summed E-state index contributed by atoms with van der Waals surface area (Å²) in [5.74, 6) is 4.75. The van der Waals surface area contributed by atoms with Gasteiger partial charge in [0.05, 0.1) is 0 Å². The van der Waals surface area contributed by atoms with Gasteiger partial charge >= 0.3 is 0 Å². The van der Waals surface area contributed by atoms with Crippen LogP contribution in [0.3, 0.4) is 0 Å². The molecule has 6 heteroatoms. The fourth-order valence-electron chi connectivity index (χ4n) is 0.960. The van der Waals surface area contributed by atoms with E-state index < -0.39 is 0 Å². The highest BCUT2D eigenvalue weighted by molar-refractivity contribution is 7.99. The molecule has 1 rings (SSSR count). The first-order valence-corrected chi connectivity index (χ1v) is 5.29. The number of hydrazine groups is 1. The van der Waals surface area contributed by atoms with E-state index in [9.17, 15) is 9.18 Å². The molecule has 0 bridgehead atoms. The highest BCUT2D eigenvalue weighted by atomic mass is 32.2. The normalized spacial score (nSPS) is 10.0. The van der Waals surface area contributed by atoms with E-state index in [1.165, 1.54) is 17.8 Å². The fourth-order valence-corrected chi connectivity index (χ4v) is 1.83. The van der Waals surface area contributed by atoms with E-state index in [0.717, 1.165) is 0 Å². The van der Waals surface area contributed by atoms with Crippen molar-refractivity contribution in [3.63, 3.8) is 0 Å². The van der Waals surface area contributed by atoms with Crippen molar-refractivity contribution in [3.05, 3.63) is 24.0 Å². The number of thioether (sulfide) groups is 1. The maximum absolute atomic E-state index is 13.2. The molecule has 0 aliphatic rings. The Hall–Kier alpha value is -1.27. The minimum atomic E-state index is -0.367. The van der Waals surface area contributed by atoms with Crippen LogP contribution in [0.15, 0.2) is 23.1 Å². The maximum Gasteiger partial charge on any atom is 0.234 e. The molecule has 0 spiro atoms. The number of nitrogens with two attached hydrogens (primary N) is 2. The summed E-state index contributed by atoms with van der Waals surface area (Å²) in [5.41, 5.74) is 7.79. The summed E-state index contributed by atoms with van der Waals surface area (Å²) < 4.78 is 13.2. The second-order valence-corrected chi connectivity index (χ2v) is 3.99. The van der Waals surface area contributed by atoms with Gasteiger partial charge in [0.25, 0.3) is 0 Å². The predicted molar refractivity (Wildman–Crippen MR) is 58.5 cm³/mol. The van der Waals surface area contributed by atoms with Gasteiger partial charge in [0.2, 0.25) is 5.91 Å². The van der Waals surface area contributed by atoms with E-state index in [1.807, 2.05) is 5.43 Å². The highest BCUT2D eigenvalue weighted by Gasteiger charge is 2.04. The Morgan fingerprint density at radius 2 is 2.27 bits per heavy atom. The molecule has 0 heterocycles. The largest absolute Gasteiger partial charge is 0.399 e. The third-order valence-electron chi connectivity index (χ3n) is 1.70. The molecule has 82 valence electrons. The molecule has 5 N–H and O–H groups in total. The number of hydrogen-bond donors (Lipinski definition) is 3. The zero-order chi connectivity index (χ0) is 11.3. The molecule has 1 aromatic rings. The summed E-state index contributed by atoms with van der Waals surface area (Å²) in [5, 5.41) is 0. The van der Waals surface area contributed by atoms with Crippen LogP contribution in [-0.2, 0) is 4.79 Å². The second kappa shape index (κ2) is 5.57. The van der Waals surface area contributed by atoms with Crippen molar-refractivity contribution in [2.24, 2.45) is 5.84 Å². The number of halogens is 1. The second-order valence-electron chi connectivity index (χ2n) is 2.86. The van der Waals surface area contributed by atoms with Gasteiger partial charge in [-0.1, -0.05) is 0 Å². The van der Waals surface area contributed by atoms with Crippen LogP contribution < -0.4 is 17.0 Å². The van der Waals surface area contributed by atoms with Crippen LogP contribution >= 0.6 is 11.8 Å². The lowest BCUT2D eigenvalue weighted by molar-refractivity contribution is -0.120. The molecule has 0 atom stereocenters. The first kappa shape index (κ1) is 11.8. The van der Waals surface area contributed by atoms with Crippen LogP contribution in [0, 0.1) is 5.82 Å². The molecule has 0 saturated heterocycles. The van der Waals surface area contributed by atoms with Crippen molar-refractivity contribution in [2.45, 2.75) is 11.3 Å². The van der Waals surface area contributed by atoms with E-state index in [4.69, 9.17) is 11.6 Å². The molecule has 1 amide bonds. The van der Waals surface area contributed by atoms with Gasteiger partial charge in [0.15, 0.2) is 0 Å². The number of carbonyl (C=O) groups is 1. The van der Waals surface area contributed by atoms with Crippen molar-refractivity contribution >= 4 is 23.4 Å². The van der Waals surface area contributed by atoms with Crippen molar-refractivity contribution in [1.82, 2.24) is 5.43 Å². The summed E-state index contributed by atoms with van der Waals surface area (Å²) in [6.07, 6.45) is 0.255. The average Bonchev–Trinajstić information content (AvgIpc) is 2.21. The van der Waals surface area contributed by atoms with Crippen LogP contribution in [0.25, 0.3) is 0 Å². The van der Waals surface area contributed by atoms with Crippen molar-refractivity contribution in [2.75, 3.05) is 11.5 Å². The standard InChI is InChI=1S/C9H12FN3OS/c10-7-5-6(11)1-2-8(7)15-4-3-9(14)13-12/h1-2,5H,3-4,11-12H2,(H,13,14). The van der Waals surface area contributed by atoms with Crippen molar-refractivity contribution in [1.29, 1.82) is 0 Å². The van der Waals surface area contributed by atoms with Gasteiger partial charge in [0, 0.05) is 22.8 Å². The van der Waals surface area contributed by atoms with Gasteiger partial charge in [0.1, 0.15) is 5.82 Å². The molecule has 0 unspecified atom stereocenters. The molecule has 0 fully saturated rings. The summed E-state index contributed by atoms with van der Waals surface area (Å²) in [4.78, 5) is 11.3. The van der Waals surface area contributed by atoms with Gasteiger partial charge in [-0.2, -0.15) is 0 Å². The van der Waals surface area contributed by atoms with Crippen molar-refractivity contribution < 1.29 is 9.18 Å². The van der Waals surface area contributed by atoms with Crippen LogP contribution in [0.1, 0.15) is 6.42 Å². The molecule has 0 radical (unpaired) electrons. The number of carbonyl (C=O) groups excluding carboxylic acids is 1. The lowest BCUT2D eigenvalue weighted by atomic mass is 10.3. The van der Waals surface area contributed by atoms with Crippen LogP contribution in [0.2, 0.25) is 0 Å². The smallest absolute Gasteiger partial charge is 0.234 e. The van der Waals surface area contributed by atoms with Gasteiger partial charge in [-0.3, -0.25) is 10.2 Å². The van der Waals surface area contributed by atoms with E-state index in [1.54, 1.807) is 12.1 Å². The van der Waals surface area contributed by atoms with Crippen LogP contribution in [-0.4, -0.2) is 11.7 Å². The Morgan fingerprint density at radius 3 is 2.87 bits per heavy atom. The third kappa shape index (κ3) is 3.77. The molecule has 4 nitrogen and oxygen atoms in total. The molecule has 0 aromatic heterocycles. The molecular formula is C9H12FN3OS. The summed E-state index contributed by atoms with van der Waals surface area (Å²) in [7, 11) is 0. The topological polar surface area (TPSA) is 81.1 Å². The molecule has 0 saturated carbocycles. The number of anilines is 1. The van der Waals surface area contributed by atoms with E-state index in [0.29, 0.717) is 16.3 Å². The Morgan fingerprint density at radius 1 is 1.53 bits per heavy atom. The molecule has 0 aliphatic carbocycles. The summed E-state index contributed by atoms with van der Waals surface area (Å²) in [6.45, 7) is 0. The Bertz CT molecular complexity index is 359. The summed E-state index contributed by atoms with van der Waals surface area (Å²) in [6, 6.07) is 4.47. The highest BCUT2D eigenvalue weighted by Crippen LogP contribution is 2.23. The zero-order valence-electron chi connectivity index (χ0n) is 8.00. The van der Waals surface area contributed by atoms with E-state index >= 15 is 0 Å². The Kier molecular flexibility index (Phi) is 4.38. The number of benzene rings is 1. The minimum absolute atomic E-state index is 0.255. The first-order chi connectivity index (χ1) is 7.13. The fraction of sp³-hybridized carbons (Fsp3) is 0.222. The zero-order valence-corrected chi connectivity index (χ0v) is 8.81. The number of rotatable bonds is 4. The predicted octanol–water partition coefficient (Wildman–Crippen LogP) is 0.880. The van der Waals surface area contributed by atoms with Crippen molar-refractivity contribution in [3.8, 4) is 0 Å². The number of nitrogen functional groups attached to an aromatic ring is 1. The molecule has 0 aliphatic heterocycles. The SMILES string of the molecule is NNC(=O)CCSc1ccc(N)cc1F. The van der Waals surface area contributed by atoms with Gasteiger partial charge in [-0.15, -0.1) is 11.8 Å². The summed E-state index contributed by atoms with van der Waals surface area (Å²) >= 11 is 1.25.